The molecule has 0 spiro atoms. The van der Waals surface area contributed by atoms with Crippen LogP contribution < -0.4 is 0 Å². The molecule has 2 unspecified atom stereocenters. The van der Waals surface area contributed by atoms with Gasteiger partial charge in [0.2, 0.25) is 0 Å². The molecule has 0 bridgehead atoms. The second-order valence-electron chi connectivity index (χ2n) is 3.42. The molecule has 0 aromatic heterocycles. The third-order valence-electron chi connectivity index (χ3n) is 2.88. The lowest BCUT2D eigenvalue weighted by atomic mass is 9.72. The van der Waals surface area contributed by atoms with E-state index in [0.717, 1.165) is 12.5 Å². The van der Waals surface area contributed by atoms with Gasteiger partial charge in [-0.15, -0.1) is 0 Å². The van der Waals surface area contributed by atoms with Crippen LogP contribution in [0.1, 0.15) is 26.7 Å². The zero-order valence-corrected chi connectivity index (χ0v) is 6.68. The highest BCUT2D eigenvalue weighted by Crippen LogP contribution is 2.45. The summed E-state index contributed by atoms with van der Waals surface area (Å²) in [5, 5.41) is 0. The van der Waals surface area contributed by atoms with E-state index in [-0.39, 0.29) is 0 Å². The zero-order valence-electron chi connectivity index (χ0n) is 6.68. The maximum Gasteiger partial charge on any atom is 0.0988 e. The lowest BCUT2D eigenvalue weighted by Crippen LogP contribution is -2.31. The van der Waals surface area contributed by atoms with E-state index in [0.29, 0.717) is 5.92 Å². The molecule has 0 saturated carbocycles. The van der Waals surface area contributed by atoms with Gasteiger partial charge in [0.25, 0.3) is 0 Å². The van der Waals surface area contributed by atoms with Crippen molar-refractivity contribution in [1.82, 2.24) is 0 Å². The SMILES string of the molecule is CC1C2=C(OCCC2)C1C. The lowest BCUT2D eigenvalue weighted by Gasteiger charge is -2.40. The fourth-order valence-electron chi connectivity index (χ4n) is 1.97. The van der Waals surface area contributed by atoms with Gasteiger partial charge in [0.15, 0.2) is 0 Å². The van der Waals surface area contributed by atoms with E-state index >= 15 is 0 Å². The van der Waals surface area contributed by atoms with Gasteiger partial charge in [-0.1, -0.05) is 13.8 Å². The maximum atomic E-state index is 5.54. The van der Waals surface area contributed by atoms with Gasteiger partial charge in [0.05, 0.1) is 12.4 Å². The highest BCUT2D eigenvalue weighted by Gasteiger charge is 2.36. The highest BCUT2D eigenvalue weighted by molar-refractivity contribution is 5.27. The Morgan fingerprint density at radius 3 is 2.80 bits per heavy atom. The van der Waals surface area contributed by atoms with Gasteiger partial charge in [0, 0.05) is 5.92 Å². The van der Waals surface area contributed by atoms with Crippen LogP contribution in [0, 0.1) is 11.8 Å². The van der Waals surface area contributed by atoms with Crippen LogP contribution in [-0.4, -0.2) is 6.61 Å². The van der Waals surface area contributed by atoms with Crippen LogP contribution in [0.15, 0.2) is 11.3 Å². The Kier molecular flexibility index (Phi) is 1.26. The molecule has 0 aromatic rings. The lowest BCUT2D eigenvalue weighted by molar-refractivity contribution is 0.104. The molecule has 0 amide bonds. The molecule has 2 aliphatic rings. The summed E-state index contributed by atoms with van der Waals surface area (Å²) in [5.41, 5.74) is 1.60. The fourth-order valence-corrected chi connectivity index (χ4v) is 1.97. The first-order valence-corrected chi connectivity index (χ1v) is 4.16. The molecular weight excluding hydrogens is 124 g/mol. The van der Waals surface area contributed by atoms with E-state index in [1.807, 2.05) is 0 Å². The topological polar surface area (TPSA) is 9.23 Å². The van der Waals surface area contributed by atoms with Gasteiger partial charge in [-0.3, -0.25) is 0 Å². The Balaban J connectivity index is 2.21. The van der Waals surface area contributed by atoms with E-state index < -0.39 is 0 Å². The first-order chi connectivity index (χ1) is 4.80. The van der Waals surface area contributed by atoms with Crippen LogP contribution >= 0.6 is 0 Å². The first kappa shape index (κ1) is 6.26. The molecule has 1 aliphatic carbocycles. The maximum absolute atomic E-state index is 5.54. The summed E-state index contributed by atoms with van der Waals surface area (Å²) in [6, 6.07) is 0. The Hall–Kier alpha value is -0.460. The fraction of sp³-hybridized carbons (Fsp3) is 0.778. The number of hydrogen-bond acceptors (Lipinski definition) is 1. The van der Waals surface area contributed by atoms with Crippen LogP contribution in [-0.2, 0) is 4.74 Å². The van der Waals surface area contributed by atoms with E-state index in [2.05, 4.69) is 13.8 Å². The van der Waals surface area contributed by atoms with E-state index in [1.54, 1.807) is 5.57 Å². The van der Waals surface area contributed by atoms with Crippen molar-refractivity contribution < 1.29 is 4.74 Å². The Bertz CT molecular complexity index is 161. The molecule has 0 N–H and O–H groups in total. The minimum Gasteiger partial charge on any atom is -0.498 e. The third kappa shape index (κ3) is 0.635. The summed E-state index contributed by atoms with van der Waals surface area (Å²) in [7, 11) is 0. The van der Waals surface area contributed by atoms with Crippen LogP contribution in [0.3, 0.4) is 0 Å². The minimum absolute atomic E-state index is 0.704. The standard InChI is InChI=1S/C9H14O/c1-6-7(2)9-8(6)4-3-5-10-9/h6-7H,3-5H2,1-2H3. The van der Waals surface area contributed by atoms with Gasteiger partial charge >= 0.3 is 0 Å². The van der Waals surface area contributed by atoms with Crippen molar-refractivity contribution in [3.8, 4) is 0 Å². The van der Waals surface area contributed by atoms with Gasteiger partial charge in [-0.2, -0.15) is 0 Å². The van der Waals surface area contributed by atoms with Gasteiger partial charge < -0.3 is 4.74 Å². The molecule has 0 fully saturated rings. The zero-order chi connectivity index (χ0) is 7.14. The van der Waals surface area contributed by atoms with Crippen LogP contribution in [0.4, 0.5) is 0 Å². The number of ether oxygens (including phenoxy) is 1. The summed E-state index contributed by atoms with van der Waals surface area (Å²) in [5.74, 6) is 2.82. The average Bonchev–Trinajstić information content (AvgIpc) is 2.03. The van der Waals surface area contributed by atoms with Crippen molar-refractivity contribution in [2.24, 2.45) is 11.8 Å². The third-order valence-corrected chi connectivity index (χ3v) is 2.88. The molecule has 0 radical (unpaired) electrons. The molecule has 1 heteroatoms. The number of rotatable bonds is 0. The van der Waals surface area contributed by atoms with Crippen molar-refractivity contribution in [2.75, 3.05) is 6.61 Å². The summed E-state index contributed by atoms with van der Waals surface area (Å²) >= 11 is 0. The van der Waals surface area contributed by atoms with Crippen LogP contribution in [0.5, 0.6) is 0 Å². The average molecular weight is 138 g/mol. The Morgan fingerprint density at radius 2 is 2.10 bits per heavy atom. The minimum atomic E-state index is 0.704. The smallest absolute Gasteiger partial charge is 0.0988 e. The summed E-state index contributed by atoms with van der Waals surface area (Å²) in [6.07, 6.45) is 2.52. The Morgan fingerprint density at radius 1 is 1.30 bits per heavy atom. The van der Waals surface area contributed by atoms with Crippen molar-refractivity contribution in [2.45, 2.75) is 26.7 Å². The summed E-state index contributed by atoms with van der Waals surface area (Å²) in [4.78, 5) is 0. The normalized spacial score (nSPS) is 38.2. The molecule has 56 valence electrons. The van der Waals surface area contributed by atoms with Gasteiger partial charge in [-0.05, 0) is 24.3 Å². The molecule has 0 saturated heterocycles. The molecule has 10 heavy (non-hydrogen) atoms. The summed E-state index contributed by atoms with van der Waals surface area (Å²) < 4.78 is 5.54. The molecule has 1 aliphatic heterocycles. The van der Waals surface area contributed by atoms with Crippen molar-refractivity contribution in [3.63, 3.8) is 0 Å². The van der Waals surface area contributed by atoms with Crippen LogP contribution in [0.2, 0.25) is 0 Å². The number of allylic oxidation sites excluding steroid dienone is 2. The molecular formula is C9H14O. The largest absolute Gasteiger partial charge is 0.498 e. The molecule has 2 atom stereocenters. The van der Waals surface area contributed by atoms with E-state index in [1.165, 1.54) is 18.6 Å². The first-order valence-electron chi connectivity index (χ1n) is 4.16. The van der Waals surface area contributed by atoms with Crippen LogP contribution in [0.25, 0.3) is 0 Å². The highest BCUT2D eigenvalue weighted by atomic mass is 16.5. The Labute approximate surface area is 62.1 Å². The molecule has 2 rings (SSSR count). The summed E-state index contributed by atoms with van der Waals surface area (Å²) in [6.45, 7) is 5.52. The molecule has 1 nitrogen and oxygen atoms in total. The van der Waals surface area contributed by atoms with Crippen molar-refractivity contribution in [1.29, 1.82) is 0 Å². The van der Waals surface area contributed by atoms with E-state index in [9.17, 15) is 0 Å². The molecule has 1 heterocycles. The van der Waals surface area contributed by atoms with Gasteiger partial charge in [0.1, 0.15) is 0 Å². The van der Waals surface area contributed by atoms with Crippen molar-refractivity contribution in [3.05, 3.63) is 11.3 Å². The quantitative estimate of drug-likeness (QED) is 0.499. The number of hydrogen-bond donors (Lipinski definition) is 0. The second-order valence-corrected chi connectivity index (χ2v) is 3.42. The predicted octanol–water partition coefficient (Wildman–Crippen LogP) is 2.34. The monoisotopic (exact) mass is 138 g/mol. The van der Waals surface area contributed by atoms with E-state index in [4.69, 9.17) is 4.74 Å². The molecule has 0 aromatic carbocycles. The van der Waals surface area contributed by atoms with Crippen molar-refractivity contribution >= 4 is 0 Å². The predicted molar refractivity (Wildman–Crippen MR) is 40.5 cm³/mol. The van der Waals surface area contributed by atoms with Gasteiger partial charge in [-0.25, -0.2) is 0 Å². The second kappa shape index (κ2) is 2.01.